The third-order valence-electron chi connectivity index (χ3n) is 3.60. The monoisotopic (exact) mass is 325 g/mol. The van der Waals surface area contributed by atoms with Crippen LogP contribution in [-0.2, 0) is 6.42 Å². The topological polar surface area (TPSA) is 32.3 Å². The Labute approximate surface area is 137 Å². The van der Waals surface area contributed by atoms with Gasteiger partial charge in [0.1, 0.15) is 0 Å². The van der Waals surface area contributed by atoms with Crippen molar-refractivity contribution in [2.75, 3.05) is 30.3 Å². The van der Waals surface area contributed by atoms with Crippen LogP contribution >= 0.6 is 23.5 Å². The number of hydrogen-bond donors (Lipinski definition) is 2. The van der Waals surface area contributed by atoms with Crippen LogP contribution in [0.2, 0.25) is 0 Å². The molecule has 1 aromatic rings. The fourth-order valence-electron chi connectivity index (χ4n) is 2.50. The van der Waals surface area contributed by atoms with Crippen molar-refractivity contribution in [3.05, 3.63) is 35.4 Å². The van der Waals surface area contributed by atoms with E-state index < -0.39 is 6.10 Å². The summed E-state index contributed by atoms with van der Waals surface area (Å²) in [7, 11) is 0. The van der Waals surface area contributed by atoms with E-state index in [0.29, 0.717) is 17.7 Å². The van der Waals surface area contributed by atoms with Crippen LogP contribution in [0.4, 0.5) is 0 Å². The molecule has 0 amide bonds. The maximum Gasteiger partial charge on any atom is 0.0914 e. The lowest BCUT2D eigenvalue weighted by Crippen LogP contribution is -2.31. The van der Waals surface area contributed by atoms with Crippen molar-refractivity contribution in [2.45, 2.75) is 31.6 Å². The Balaban J connectivity index is 1.73. The van der Waals surface area contributed by atoms with Gasteiger partial charge in [0.25, 0.3) is 0 Å². The highest BCUT2D eigenvalue weighted by molar-refractivity contribution is 8.06. The number of aliphatic hydroxyl groups is 1. The second kappa shape index (κ2) is 9.09. The molecule has 1 heterocycles. The smallest absolute Gasteiger partial charge is 0.0914 e. The van der Waals surface area contributed by atoms with E-state index >= 15 is 0 Å². The molecule has 1 fully saturated rings. The predicted molar refractivity (Wildman–Crippen MR) is 96.4 cm³/mol. The molecule has 1 aromatic carbocycles. The first-order valence-corrected chi connectivity index (χ1v) is 10.0. The molecule has 2 unspecified atom stereocenters. The highest BCUT2D eigenvalue weighted by atomic mass is 32.2. The molecule has 0 aliphatic carbocycles. The summed E-state index contributed by atoms with van der Waals surface area (Å²) in [5.74, 6) is 4.45. The van der Waals surface area contributed by atoms with E-state index in [4.69, 9.17) is 0 Å². The quantitative estimate of drug-likeness (QED) is 0.805. The second-order valence-electron chi connectivity index (χ2n) is 6.08. The molecule has 2 rings (SSSR count). The molecule has 0 spiro atoms. The van der Waals surface area contributed by atoms with Crippen molar-refractivity contribution >= 4 is 23.5 Å². The van der Waals surface area contributed by atoms with Crippen LogP contribution in [0.1, 0.15) is 31.1 Å². The standard InChI is InChI=1S/C17H27NOS2/c1-13(2)9-14-3-5-15(6-4-14)17(19)11-18-10-16-12-20-7-8-21-16/h3-6,13,16-19H,7-12H2,1-2H3. The molecule has 1 aliphatic heterocycles. The Kier molecular flexibility index (Phi) is 7.44. The number of rotatable bonds is 7. The summed E-state index contributed by atoms with van der Waals surface area (Å²) in [6, 6.07) is 8.42. The van der Waals surface area contributed by atoms with Crippen molar-refractivity contribution < 1.29 is 5.11 Å². The highest BCUT2D eigenvalue weighted by Crippen LogP contribution is 2.23. The third kappa shape index (κ3) is 6.23. The van der Waals surface area contributed by atoms with Crippen LogP contribution in [0.5, 0.6) is 0 Å². The minimum atomic E-state index is -0.403. The summed E-state index contributed by atoms with van der Waals surface area (Å²) in [6.45, 7) is 6.11. The number of nitrogens with one attached hydrogen (secondary N) is 1. The van der Waals surface area contributed by atoms with Gasteiger partial charge in [0.2, 0.25) is 0 Å². The average molecular weight is 326 g/mol. The summed E-state index contributed by atoms with van der Waals surface area (Å²) in [5.41, 5.74) is 2.37. The van der Waals surface area contributed by atoms with Gasteiger partial charge < -0.3 is 10.4 Å². The third-order valence-corrected chi connectivity index (χ3v) is 6.45. The fourth-order valence-corrected chi connectivity index (χ4v) is 5.15. The van der Waals surface area contributed by atoms with Crippen LogP contribution in [-0.4, -0.2) is 40.7 Å². The van der Waals surface area contributed by atoms with Crippen molar-refractivity contribution in [3.8, 4) is 0 Å². The van der Waals surface area contributed by atoms with Gasteiger partial charge in [-0.15, -0.1) is 0 Å². The van der Waals surface area contributed by atoms with Gasteiger partial charge in [-0.2, -0.15) is 23.5 Å². The Bertz CT molecular complexity index is 402. The minimum absolute atomic E-state index is 0.403. The van der Waals surface area contributed by atoms with Crippen molar-refractivity contribution in [2.24, 2.45) is 5.92 Å². The van der Waals surface area contributed by atoms with Gasteiger partial charge in [-0.1, -0.05) is 38.1 Å². The van der Waals surface area contributed by atoms with Gasteiger partial charge in [0.05, 0.1) is 6.10 Å². The molecule has 0 saturated carbocycles. The highest BCUT2D eigenvalue weighted by Gasteiger charge is 2.14. The lowest BCUT2D eigenvalue weighted by Gasteiger charge is -2.22. The van der Waals surface area contributed by atoms with Gasteiger partial charge in [-0.25, -0.2) is 0 Å². The van der Waals surface area contributed by atoms with Crippen LogP contribution in [0.15, 0.2) is 24.3 Å². The number of thioether (sulfide) groups is 2. The molecule has 118 valence electrons. The number of benzene rings is 1. The first-order valence-electron chi connectivity index (χ1n) is 7.82. The first-order chi connectivity index (χ1) is 10.1. The Morgan fingerprint density at radius 3 is 2.62 bits per heavy atom. The largest absolute Gasteiger partial charge is 0.387 e. The summed E-state index contributed by atoms with van der Waals surface area (Å²) < 4.78 is 0. The fraction of sp³-hybridized carbons (Fsp3) is 0.647. The molecule has 0 radical (unpaired) electrons. The van der Waals surface area contributed by atoms with Gasteiger partial charge in [-0.3, -0.25) is 0 Å². The molecule has 0 aromatic heterocycles. The molecule has 2 N–H and O–H groups in total. The van der Waals surface area contributed by atoms with Gasteiger partial charge in [-0.05, 0) is 23.5 Å². The van der Waals surface area contributed by atoms with Crippen LogP contribution < -0.4 is 5.32 Å². The van der Waals surface area contributed by atoms with E-state index in [-0.39, 0.29) is 0 Å². The van der Waals surface area contributed by atoms with Crippen LogP contribution in [0.25, 0.3) is 0 Å². The van der Waals surface area contributed by atoms with Crippen molar-refractivity contribution in [1.82, 2.24) is 5.32 Å². The van der Waals surface area contributed by atoms with Crippen LogP contribution in [0, 0.1) is 5.92 Å². The van der Waals surface area contributed by atoms with Gasteiger partial charge >= 0.3 is 0 Å². The summed E-state index contributed by atoms with van der Waals surface area (Å²) in [4.78, 5) is 0. The minimum Gasteiger partial charge on any atom is -0.387 e. The number of aliphatic hydroxyl groups excluding tert-OH is 1. The second-order valence-corrected chi connectivity index (χ2v) is 8.64. The molecule has 0 bridgehead atoms. The molecule has 1 aliphatic rings. The Hall–Kier alpha value is -0.160. The molecular formula is C17H27NOS2. The van der Waals surface area contributed by atoms with Crippen molar-refractivity contribution in [3.63, 3.8) is 0 Å². The first kappa shape index (κ1) is 17.2. The van der Waals surface area contributed by atoms with Gasteiger partial charge in [0.15, 0.2) is 0 Å². The SMILES string of the molecule is CC(C)Cc1ccc(C(O)CNCC2CSCCS2)cc1. The average Bonchev–Trinajstić information content (AvgIpc) is 2.48. The zero-order valence-corrected chi connectivity index (χ0v) is 14.7. The lowest BCUT2D eigenvalue weighted by molar-refractivity contribution is 0.175. The Morgan fingerprint density at radius 2 is 2.00 bits per heavy atom. The zero-order valence-electron chi connectivity index (χ0n) is 13.0. The molecule has 2 atom stereocenters. The van der Waals surface area contributed by atoms with E-state index in [1.807, 2.05) is 11.8 Å². The normalized spacial score (nSPS) is 20.7. The maximum absolute atomic E-state index is 10.2. The summed E-state index contributed by atoms with van der Waals surface area (Å²) >= 11 is 4.09. The van der Waals surface area contributed by atoms with Gasteiger partial charge in [0, 0.05) is 35.6 Å². The molecule has 21 heavy (non-hydrogen) atoms. The van der Waals surface area contributed by atoms with E-state index in [9.17, 15) is 5.11 Å². The van der Waals surface area contributed by atoms with E-state index in [2.05, 4.69) is 55.2 Å². The summed E-state index contributed by atoms with van der Waals surface area (Å²) in [6.07, 6.45) is 0.699. The Morgan fingerprint density at radius 1 is 1.24 bits per heavy atom. The maximum atomic E-state index is 10.2. The summed E-state index contributed by atoms with van der Waals surface area (Å²) in [5, 5.41) is 14.4. The molecule has 2 nitrogen and oxygen atoms in total. The van der Waals surface area contributed by atoms with Crippen molar-refractivity contribution in [1.29, 1.82) is 0 Å². The lowest BCUT2D eigenvalue weighted by atomic mass is 10.0. The molecule has 4 heteroatoms. The zero-order chi connectivity index (χ0) is 15.1. The molecule has 1 saturated heterocycles. The number of hydrogen-bond acceptors (Lipinski definition) is 4. The van der Waals surface area contributed by atoms with Crippen LogP contribution in [0.3, 0.4) is 0 Å². The van der Waals surface area contributed by atoms with E-state index in [1.165, 1.54) is 22.8 Å². The van der Waals surface area contributed by atoms with E-state index in [0.717, 1.165) is 18.5 Å². The predicted octanol–water partition coefficient (Wildman–Crippen LogP) is 3.36. The molecular weight excluding hydrogens is 298 g/mol. The van der Waals surface area contributed by atoms with E-state index in [1.54, 1.807) is 0 Å².